The summed E-state index contributed by atoms with van der Waals surface area (Å²) >= 11 is 5.87. The van der Waals surface area contributed by atoms with Crippen LogP contribution in [0.4, 0.5) is 18.9 Å². The van der Waals surface area contributed by atoms with Gasteiger partial charge in [-0.25, -0.2) is 4.98 Å². The number of aromatic nitrogens is 1. The van der Waals surface area contributed by atoms with E-state index in [9.17, 15) is 22.8 Å². The molecule has 6 nitrogen and oxygen atoms in total. The molecule has 2 aliphatic rings. The van der Waals surface area contributed by atoms with Crippen LogP contribution in [0.25, 0.3) is 0 Å². The normalized spacial score (nSPS) is 19.7. The second-order valence-corrected chi connectivity index (χ2v) is 7.66. The highest BCUT2D eigenvalue weighted by molar-refractivity contribution is 6.30. The molecule has 0 bridgehead atoms. The molecule has 2 saturated heterocycles. The summed E-state index contributed by atoms with van der Waals surface area (Å²) < 4.78 is 43.7. The molecule has 0 aliphatic carbocycles. The highest BCUT2D eigenvalue weighted by atomic mass is 35.5. The number of amides is 2. The van der Waals surface area contributed by atoms with Crippen LogP contribution >= 0.6 is 11.6 Å². The maximum atomic E-state index is 12.7. The number of carbonyl (C=O) groups excluding carboxylic acids is 2. The number of hydrogen-bond donors (Lipinski definition) is 0. The number of nitrogens with zero attached hydrogens (tertiary/aromatic N) is 3. The molecular weight excluding hydrogens is 423 g/mol. The monoisotopic (exact) mass is 439 g/mol. The number of rotatable bonds is 4. The molecule has 1 aromatic carbocycles. The Kier molecular flexibility index (Phi) is 5.31. The SMILES string of the molecule is O=C(C1CC(=O)N(c2ccc(Cl)cc2)C1)N1CC(Oc2cccc(C(F)(F)F)n2)C1. The van der Waals surface area contributed by atoms with E-state index in [4.69, 9.17) is 16.3 Å². The molecular formula is C20H17ClF3N3O3. The average Bonchev–Trinajstić information content (AvgIpc) is 3.06. The number of alkyl halides is 3. The Hall–Kier alpha value is -2.81. The molecule has 0 radical (unpaired) electrons. The van der Waals surface area contributed by atoms with Crippen molar-refractivity contribution >= 4 is 29.1 Å². The van der Waals surface area contributed by atoms with Gasteiger partial charge in [0, 0.05) is 29.7 Å². The molecule has 158 valence electrons. The first kappa shape index (κ1) is 20.5. The number of carbonyl (C=O) groups is 2. The van der Waals surface area contributed by atoms with E-state index in [1.807, 2.05) is 0 Å². The average molecular weight is 440 g/mol. The molecule has 0 spiro atoms. The van der Waals surface area contributed by atoms with Crippen molar-refractivity contribution in [2.75, 3.05) is 24.5 Å². The molecule has 0 saturated carbocycles. The van der Waals surface area contributed by atoms with Crippen LogP contribution in [0.1, 0.15) is 12.1 Å². The van der Waals surface area contributed by atoms with Crippen molar-refractivity contribution in [2.45, 2.75) is 18.7 Å². The quantitative estimate of drug-likeness (QED) is 0.732. The third-order valence-corrected chi connectivity index (χ3v) is 5.33. The fraction of sp³-hybridized carbons (Fsp3) is 0.350. The summed E-state index contributed by atoms with van der Waals surface area (Å²) in [5.74, 6) is -0.915. The zero-order chi connectivity index (χ0) is 21.5. The molecule has 2 fully saturated rings. The van der Waals surface area contributed by atoms with Crippen molar-refractivity contribution in [3.8, 4) is 5.88 Å². The minimum atomic E-state index is -4.55. The highest BCUT2D eigenvalue weighted by Gasteiger charge is 2.42. The summed E-state index contributed by atoms with van der Waals surface area (Å²) in [5, 5.41) is 0.555. The lowest BCUT2D eigenvalue weighted by atomic mass is 10.0. The first-order chi connectivity index (χ1) is 14.2. The van der Waals surface area contributed by atoms with Crippen molar-refractivity contribution in [1.82, 2.24) is 9.88 Å². The lowest BCUT2D eigenvalue weighted by molar-refractivity contribution is -0.144. The third-order valence-electron chi connectivity index (χ3n) is 5.07. The molecule has 0 N–H and O–H groups in total. The first-order valence-corrected chi connectivity index (χ1v) is 9.64. The fourth-order valence-corrected chi connectivity index (χ4v) is 3.63. The van der Waals surface area contributed by atoms with Crippen LogP contribution in [0.2, 0.25) is 5.02 Å². The summed E-state index contributed by atoms with van der Waals surface area (Å²) in [7, 11) is 0. The van der Waals surface area contributed by atoms with Crippen LogP contribution in [-0.4, -0.2) is 47.4 Å². The number of pyridine rings is 1. The lowest BCUT2D eigenvalue weighted by Gasteiger charge is -2.39. The van der Waals surface area contributed by atoms with Gasteiger partial charge in [0.1, 0.15) is 11.8 Å². The largest absolute Gasteiger partial charge is 0.471 e. The van der Waals surface area contributed by atoms with E-state index in [1.54, 1.807) is 34.1 Å². The number of hydrogen-bond acceptors (Lipinski definition) is 4. The summed E-state index contributed by atoms with van der Waals surface area (Å²) in [5.41, 5.74) is -0.348. The van der Waals surface area contributed by atoms with E-state index >= 15 is 0 Å². The third kappa shape index (κ3) is 4.21. The molecule has 30 heavy (non-hydrogen) atoms. The van der Waals surface area contributed by atoms with Gasteiger partial charge in [0.2, 0.25) is 17.7 Å². The summed E-state index contributed by atoms with van der Waals surface area (Å²) in [4.78, 5) is 31.6. The zero-order valence-corrected chi connectivity index (χ0v) is 16.4. The second-order valence-electron chi connectivity index (χ2n) is 7.22. The van der Waals surface area contributed by atoms with Crippen molar-refractivity contribution in [2.24, 2.45) is 5.92 Å². The van der Waals surface area contributed by atoms with Crippen LogP contribution in [0.5, 0.6) is 5.88 Å². The van der Waals surface area contributed by atoms with Gasteiger partial charge in [-0.3, -0.25) is 9.59 Å². The van der Waals surface area contributed by atoms with Gasteiger partial charge >= 0.3 is 6.18 Å². The van der Waals surface area contributed by atoms with Crippen LogP contribution in [-0.2, 0) is 15.8 Å². The topological polar surface area (TPSA) is 62.7 Å². The predicted octanol–water partition coefficient (Wildman–Crippen LogP) is 3.40. The fourth-order valence-electron chi connectivity index (χ4n) is 3.50. The van der Waals surface area contributed by atoms with E-state index in [0.717, 1.165) is 6.07 Å². The maximum absolute atomic E-state index is 12.7. The Morgan fingerprint density at radius 3 is 2.47 bits per heavy atom. The van der Waals surface area contributed by atoms with Crippen LogP contribution in [0.3, 0.4) is 0 Å². The van der Waals surface area contributed by atoms with Crippen LogP contribution in [0.15, 0.2) is 42.5 Å². The molecule has 1 aromatic heterocycles. The van der Waals surface area contributed by atoms with E-state index in [2.05, 4.69) is 4.98 Å². The van der Waals surface area contributed by atoms with Crippen molar-refractivity contribution in [3.05, 3.63) is 53.2 Å². The molecule has 3 heterocycles. The van der Waals surface area contributed by atoms with Gasteiger partial charge in [-0.15, -0.1) is 0 Å². The van der Waals surface area contributed by atoms with Gasteiger partial charge < -0.3 is 14.5 Å². The Morgan fingerprint density at radius 2 is 1.80 bits per heavy atom. The van der Waals surface area contributed by atoms with Crippen LogP contribution < -0.4 is 9.64 Å². The van der Waals surface area contributed by atoms with Gasteiger partial charge in [-0.1, -0.05) is 17.7 Å². The first-order valence-electron chi connectivity index (χ1n) is 9.26. The minimum Gasteiger partial charge on any atom is -0.471 e. The second kappa shape index (κ2) is 7.79. The van der Waals surface area contributed by atoms with Crippen molar-refractivity contribution in [1.29, 1.82) is 0 Å². The number of benzene rings is 1. The Balaban J connectivity index is 1.31. The predicted molar refractivity (Wildman–Crippen MR) is 102 cm³/mol. The molecule has 1 atom stereocenters. The van der Waals surface area contributed by atoms with Gasteiger partial charge in [0.05, 0.1) is 19.0 Å². The summed E-state index contributed by atoms with van der Waals surface area (Å²) in [6.45, 7) is 0.751. The number of likely N-dealkylation sites (tertiary alicyclic amines) is 1. The van der Waals surface area contributed by atoms with E-state index in [1.165, 1.54) is 12.1 Å². The van der Waals surface area contributed by atoms with Crippen molar-refractivity contribution in [3.63, 3.8) is 0 Å². The number of halogens is 4. The highest BCUT2D eigenvalue weighted by Crippen LogP contribution is 2.31. The Bertz CT molecular complexity index is 962. The smallest absolute Gasteiger partial charge is 0.433 e. The maximum Gasteiger partial charge on any atom is 0.433 e. The molecule has 10 heteroatoms. The molecule has 1 unspecified atom stereocenters. The number of ether oxygens (including phenoxy) is 1. The van der Waals surface area contributed by atoms with Gasteiger partial charge in [0.15, 0.2) is 0 Å². The van der Waals surface area contributed by atoms with Gasteiger partial charge in [-0.05, 0) is 30.3 Å². The van der Waals surface area contributed by atoms with Gasteiger partial charge in [-0.2, -0.15) is 13.2 Å². The molecule has 2 amide bonds. The molecule has 2 aromatic rings. The standard InChI is InChI=1S/C20H17ClF3N3O3/c21-13-4-6-14(7-5-13)27-9-12(8-18(27)28)19(29)26-10-15(11-26)30-17-3-1-2-16(25-17)20(22,23)24/h1-7,12,15H,8-11H2. The van der Waals surface area contributed by atoms with E-state index < -0.39 is 23.9 Å². The molecule has 4 rings (SSSR count). The van der Waals surface area contributed by atoms with E-state index in [0.29, 0.717) is 10.7 Å². The number of anilines is 1. The summed E-state index contributed by atoms with van der Waals surface area (Å²) in [6, 6.07) is 10.2. The molecule has 2 aliphatic heterocycles. The van der Waals surface area contributed by atoms with Gasteiger partial charge in [0.25, 0.3) is 0 Å². The van der Waals surface area contributed by atoms with E-state index in [-0.39, 0.29) is 43.7 Å². The Labute approximate surface area is 175 Å². The zero-order valence-electron chi connectivity index (χ0n) is 15.6. The lowest BCUT2D eigenvalue weighted by Crippen LogP contribution is -2.57. The summed E-state index contributed by atoms with van der Waals surface area (Å²) in [6.07, 6.45) is -4.88. The minimum absolute atomic E-state index is 0.110. The van der Waals surface area contributed by atoms with Crippen LogP contribution in [0, 0.1) is 5.92 Å². The van der Waals surface area contributed by atoms with Crippen molar-refractivity contribution < 1.29 is 27.5 Å². The Morgan fingerprint density at radius 1 is 1.10 bits per heavy atom.